The van der Waals surface area contributed by atoms with E-state index in [4.69, 9.17) is 4.74 Å². The Balaban J connectivity index is 1.44. The van der Waals surface area contributed by atoms with Crippen molar-refractivity contribution in [3.8, 4) is 11.1 Å². The van der Waals surface area contributed by atoms with Crippen LogP contribution in [-0.2, 0) is 14.3 Å². The van der Waals surface area contributed by atoms with Gasteiger partial charge in [0.05, 0.1) is 5.41 Å². The lowest BCUT2D eigenvalue weighted by Gasteiger charge is -2.34. The first-order valence-corrected chi connectivity index (χ1v) is 12.2. The Bertz CT molecular complexity index is 1090. The number of hydrogen-bond donors (Lipinski definition) is 3. The molecule has 0 bridgehead atoms. The fraction of sp³-hybridized carbons (Fsp3) is 0.464. The number of nitrogens with one attached hydrogen (secondary N) is 2. The zero-order chi connectivity index (χ0) is 25.4. The van der Waals surface area contributed by atoms with Crippen molar-refractivity contribution in [3.63, 3.8) is 0 Å². The van der Waals surface area contributed by atoms with Gasteiger partial charge in [-0.25, -0.2) is 4.79 Å². The van der Waals surface area contributed by atoms with Crippen LogP contribution in [-0.4, -0.2) is 41.8 Å². The predicted molar refractivity (Wildman–Crippen MR) is 133 cm³/mol. The van der Waals surface area contributed by atoms with E-state index in [0.29, 0.717) is 12.8 Å². The second-order valence-electron chi connectivity index (χ2n) is 10.9. The lowest BCUT2D eigenvalue weighted by molar-refractivity contribution is -0.149. The second-order valence-corrected chi connectivity index (χ2v) is 10.9. The molecule has 0 aliphatic heterocycles. The quantitative estimate of drug-likeness (QED) is 0.558. The fourth-order valence-corrected chi connectivity index (χ4v) is 5.34. The highest BCUT2D eigenvalue weighted by Crippen LogP contribution is 2.44. The average molecular weight is 479 g/mol. The summed E-state index contributed by atoms with van der Waals surface area (Å²) in [5.41, 5.74) is 2.89. The number of benzene rings is 2. The molecule has 3 atom stereocenters. The Morgan fingerprint density at radius 3 is 2.17 bits per heavy atom. The third-order valence-corrected chi connectivity index (χ3v) is 7.50. The Morgan fingerprint density at radius 1 is 1.06 bits per heavy atom. The first-order chi connectivity index (χ1) is 16.5. The van der Waals surface area contributed by atoms with Crippen LogP contribution in [0.15, 0.2) is 48.5 Å². The van der Waals surface area contributed by atoms with Gasteiger partial charge >= 0.3 is 12.1 Å². The molecule has 0 aromatic heterocycles. The Labute approximate surface area is 206 Å². The molecule has 0 saturated heterocycles. The van der Waals surface area contributed by atoms with Gasteiger partial charge in [0.25, 0.3) is 0 Å². The molecule has 1 fully saturated rings. The van der Waals surface area contributed by atoms with Gasteiger partial charge in [-0.2, -0.15) is 0 Å². The van der Waals surface area contributed by atoms with Gasteiger partial charge < -0.3 is 20.5 Å². The molecule has 35 heavy (non-hydrogen) atoms. The maximum absolute atomic E-state index is 13.2. The minimum atomic E-state index is -1.01. The number of carboxylic acids is 1. The SMILES string of the molecule is CC(C)(C)C(NC(=O)OCC1c2ccccc2-c2ccccc21)C(=O)NC1CCCC1(C)C(=O)O. The van der Waals surface area contributed by atoms with Crippen LogP contribution < -0.4 is 10.6 Å². The zero-order valence-corrected chi connectivity index (χ0v) is 20.8. The van der Waals surface area contributed by atoms with Crippen molar-refractivity contribution in [2.24, 2.45) is 10.8 Å². The van der Waals surface area contributed by atoms with Gasteiger partial charge in [0.15, 0.2) is 0 Å². The number of rotatable bonds is 6. The average Bonchev–Trinajstić information content (AvgIpc) is 3.34. The lowest BCUT2D eigenvalue weighted by atomic mass is 9.83. The normalized spacial score (nSPS) is 22.1. The summed E-state index contributed by atoms with van der Waals surface area (Å²) < 4.78 is 5.64. The van der Waals surface area contributed by atoms with E-state index >= 15 is 0 Å². The van der Waals surface area contributed by atoms with Crippen LogP contribution in [0.5, 0.6) is 0 Å². The van der Waals surface area contributed by atoms with Crippen molar-refractivity contribution in [3.05, 3.63) is 59.7 Å². The smallest absolute Gasteiger partial charge is 0.407 e. The molecular weight excluding hydrogens is 444 g/mol. The van der Waals surface area contributed by atoms with Gasteiger partial charge in [-0.3, -0.25) is 9.59 Å². The molecule has 0 radical (unpaired) electrons. The molecule has 7 heteroatoms. The summed E-state index contributed by atoms with van der Waals surface area (Å²) in [5.74, 6) is -1.40. The summed E-state index contributed by atoms with van der Waals surface area (Å²) in [7, 11) is 0. The number of carbonyl (C=O) groups is 3. The van der Waals surface area contributed by atoms with Gasteiger partial charge in [0.2, 0.25) is 5.91 Å². The van der Waals surface area contributed by atoms with Crippen LogP contribution >= 0.6 is 0 Å². The largest absolute Gasteiger partial charge is 0.481 e. The maximum Gasteiger partial charge on any atom is 0.407 e. The highest BCUT2D eigenvalue weighted by molar-refractivity contribution is 5.87. The summed E-state index contributed by atoms with van der Waals surface area (Å²) >= 11 is 0. The van der Waals surface area contributed by atoms with E-state index < -0.39 is 40.9 Å². The highest BCUT2D eigenvalue weighted by Gasteiger charge is 2.47. The summed E-state index contributed by atoms with van der Waals surface area (Å²) in [6.07, 6.45) is 1.16. The van der Waals surface area contributed by atoms with Gasteiger partial charge in [-0.05, 0) is 47.4 Å². The monoisotopic (exact) mass is 478 g/mol. The third-order valence-electron chi connectivity index (χ3n) is 7.50. The minimum Gasteiger partial charge on any atom is -0.481 e. The zero-order valence-electron chi connectivity index (χ0n) is 20.8. The number of carbonyl (C=O) groups excluding carboxylic acids is 2. The van der Waals surface area contributed by atoms with E-state index in [9.17, 15) is 19.5 Å². The maximum atomic E-state index is 13.2. The van der Waals surface area contributed by atoms with E-state index in [1.165, 1.54) is 0 Å². The van der Waals surface area contributed by atoms with Crippen molar-refractivity contribution in [2.45, 2.75) is 65.0 Å². The Hall–Kier alpha value is -3.35. The highest BCUT2D eigenvalue weighted by atomic mass is 16.5. The van der Waals surface area contributed by atoms with Crippen LogP contribution in [0.25, 0.3) is 11.1 Å². The molecule has 2 aromatic carbocycles. The molecule has 3 unspecified atom stereocenters. The predicted octanol–water partition coefficient (Wildman–Crippen LogP) is 4.70. The van der Waals surface area contributed by atoms with Crippen LogP contribution in [0.4, 0.5) is 4.79 Å². The van der Waals surface area contributed by atoms with Crippen molar-refractivity contribution in [1.29, 1.82) is 0 Å². The molecule has 7 nitrogen and oxygen atoms in total. The number of amides is 2. The second kappa shape index (κ2) is 9.36. The van der Waals surface area contributed by atoms with E-state index in [1.54, 1.807) is 6.92 Å². The van der Waals surface area contributed by atoms with Crippen LogP contribution in [0.1, 0.15) is 64.0 Å². The van der Waals surface area contributed by atoms with Gasteiger partial charge in [0, 0.05) is 12.0 Å². The van der Waals surface area contributed by atoms with Crippen molar-refractivity contribution in [1.82, 2.24) is 10.6 Å². The van der Waals surface area contributed by atoms with Crippen molar-refractivity contribution < 1.29 is 24.2 Å². The first-order valence-electron chi connectivity index (χ1n) is 12.2. The summed E-state index contributed by atoms with van der Waals surface area (Å²) in [4.78, 5) is 37.9. The number of carboxylic acid groups (broad SMARTS) is 1. The van der Waals surface area contributed by atoms with E-state index in [1.807, 2.05) is 57.2 Å². The van der Waals surface area contributed by atoms with E-state index in [-0.39, 0.29) is 12.5 Å². The lowest BCUT2D eigenvalue weighted by Crippen LogP contribution is -2.58. The standard InChI is InChI=1S/C28H34N2O5/c1-27(2,3)23(24(31)29-22-14-9-15-28(22,4)25(32)33)30-26(34)35-16-21-19-12-7-5-10-17(19)18-11-6-8-13-20(18)21/h5-8,10-13,21-23H,9,14-16H2,1-4H3,(H,29,31)(H,30,34)(H,32,33). The molecule has 1 saturated carbocycles. The summed E-state index contributed by atoms with van der Waals surface area (Å²) in [6, 6.07) is 14.8. The molecule has 0 spiro atoms. The van der Waals surface area contributed by atoms with Gasteiger partial charge in [-0.15, -0.1) is 0 Å². The Morgan fingerprint density at radius 2 is 1.63 bits per heavy atom. The minimum absolute atomic E-state index is 0.0789. The van der Waals surface area contributed by atoms with Crippen LogP contribution in [0.3, 0.4) is 0 Å². The molecule has 4 rings (SSSR count). The van der Waals surface area contributed by atoms with E-state index in [2.05, 4.69) is 22.8 Å². The van der Waals surface area contributed by atoms with E-state index in [0.717, 1.165) is 28.7 Å². The number of hydrogen-bond acceptors (Lipinski definition) is 4. The molecular formula is C28H34N2O5. The topological polar surface area (TPSA) is 105 Å². The summed E-state index contributed by atoms with van der Waals surface area (Å²) in [6.45, 7) is 7.38. The molecule has 2 aliphatic rings. The Kier molecular flexibility index (Phi) is 6.62. The van der Waals surface area contributed by atoms with Crippen molar-refractivity contribution >= 4 is 18.0 Å². The number of fused-ring (bicyclic) bond motifs is 3. The number of alkyl carbamates (subject to hydrolysis) is 1. The first kappa shape index (κ1) is 24.8. The van der Waals surface area contributed by atoms with Crippen LogP contribution in [0.2, 0.25) is 0 Å². The number of ether oxygens (including phenoxy) is 1. The van der Waals surface area contributed by atoms with Gasteiger partial charge in [0.1, 0.15) is 12.6 Å². The molecule has 0 heterocycles. The molecule has 186 valence electrons. The third kappa shape index (κ3) is 4.77. The molecule has 2 aromatic rings. The van der Waals surface area contributed by atoms with Crippen LogP contribution in [0, 0.1) is 10.8 Å². The number of aliphatic carboxylic acids is 1. The molecule has 3 N–H and O–H groups in total. The van der Waals surface area contributed by atoms with Gasteiger partial charge in [-0.1, -0.05) is 75.7 Å². The molecule has 2 aliphatic carbocycles. The fourth-order valence-electron chi connectivity index (χ4n) is 5.34. The molecule has 2 amide bonds. The summed E-state index contributed by atoms with van der Waals surface area (Å²) in [5, 5.41) is 15.3. The van der Waals surface area contributed by atoms with Crippen molar-refractivity contribution in [2.75, 3.05) is 6.61 Å².